The molecule has 0 aliphatic heterocycles. The minimum absolute atomic E-state index is 0.551. The zero-order valence-corrected chi connectivity index (χ0v) is 34.1. The van der Waals surface area contributed by atoms with E-state index in [1.165, 1.54) is 50.1 Å². The predicted octanol–water partition coefficient (Wildman–Crippen LogP) is 13.8. The third-order valence-electron chi connectivity index (χ3n) is 13.5. The quantitative estimate of drug-likeness (QED) is 0.168. The maximum Gasteiger partial charge on any atom is 0.164 e. The Hall–Kier alpha value is -8.21. The van der Waals surface area contributed by atoms with E-state index in [-0.39, 0.29) is 0 Å². The molecule has 9 aromatic carbocycles. The van der Waals surface area contributed by atoms with E-state index < -0.39 is 10.8 Å². The first kappa shape index (κ1) is 35.5. The van der Waals surface area contributed by atoms with Crippen molar-refractivity contribution in [2.45, 2.75) is 10.8 Å². The molecule has 0 amide bonds. The van der Waals surface area contributed by atoms with Crippen LogP contribution in [0.2, 0.25) is 0 Å². The molecule has 2 aliphatic carbocycles. The zero-order chi connectivity index (χ0) is 41.5. The lowest BCUT2D eigenvalue weighted by molar-refractivity contribution is 0.627. The molecule has 2 aromatic heterocycles. The summed E-state index contributed by atoms with van der Waals surface area (Å²) >= 11 is 0. The third-order valence-corrected chi connectivity index (χ3v) is 13.5. The third kappa shape index (κ3) is 4.95. The molecule has 0 spiro atoms. The number of furan rings is 1. The molecular formula is C59H37N3O. The van der Waals surface area contributed by atoms with Crippen molar-refractivity contribution < 1.29 is 4.42 Å². The molecule has 63 heavy (non-hydrogen) atoms. The fraction of sp³-hybridized carbons (Fsp3) is 0.0339. The van der Waals surface area contributed by atoms with E-state index in [0.717, 1.165) is 44.2 Å². The number of para-hydroxylation sites is 1. The van der Waals surface area contributed by atoms with Crippen molar-refractivity contribution in [3.8, 4) is 45.3 Å². The second kappa shape index (κ2) is 13.7. The Labute approximate surface area is 364 Å². The molecule has 0 saturated carbocycles. The largest absolute Gasteiger partial charge is 0.456 e. The molecule has 2 unspecified atom stereocenters. The minimum atomic E-state index is -0.783. The van der Waals surface area contributed by atoms with Crippen molar-refractivity contribution in [2.75, 3.05) is 0 Å². The van der Waals surface area contributed by atoms with Crippen molar-refractivity contribution >= 4 is 21.9 Å². The van der Waals surface area contributed by atoms with Gasteiger partial charge in [0.25, 0.3) is 0 Å². The Bertz CT molecular complexity index is 3580. The minimum Gasteiger partial charge on any atom is -0.456 e. The van der Waals surface area contributed by atoms with Crippen molar-refractivity contribution in [3.05, 3.63) is 269 Å². The highest BCUT2D eigenvalue weighted by atomic mass is 16.3. The van der Waals surface area contributed by atoms with Gasteiger partial charge in [-0.1, -0.05) is 200 Å². The summed E-state index contributed by atoms with van der Waals surface area (Å²) < 4.78 is 6.25. The highest BCUT2D eigenvalue weighted by Crippen LogP contribution is 2.66. The average molecular weight is 804 g/mol. The van der Waals surface area contributed by atoms with Crippen molar-refractivity contribution in [1.82, 2.24) is 15.0 Å². The number of rotatable bonds is 6. The fourth-order valence-corrected chi connectivity index (χ4v) is 11.0. The summed E-state index contributed by atoms with van der Waals surface area (Å²) in [5.41, 5.74) is 15.5. The average Bonchev–Trinajstić information content (AvgIpc) is 3.89. The Kier molecular flexibility index (Phi) is 7.70. The molecule has 4 heteroatoms. The van der Waals surface area contributed by atoms with E-state index in [1.807, 2.05) is 42.5 Å². The molecule has 11 aromatic rings. The molecule has 2 heterocycles. The van der Waals surface area contributed by atoms with E-state index in [9.17, 15) is 0 Å². The van der Waals surface area contributed by atoms with Gasteiger partial charge in [-0.3, -0.25) is 0 Å². The van der Waals surface area contributed by atoms with Gasteiger partial charge in [0.2, 0.25) is 0 Å². The summed E-state index contributed by atoms with van der Waals surface area (Å²) in [5, 5.41) is 2.08. The second-order valence-electron chi connectivity index (χ2n) is 16.6. The van der Waals surface area contributed by atoms with Gasteiger partial charge in [0.1, 0.15) is 11.2 Å². The van der Waals surface area contributed by atoms with Crippen molar-refractivity contribution in [1.29, 1.82) is 0 Å². The summed E-state index contributed by atoms with van der Waals surface area (Å²) in [6.07, 6.45) is 0. The normalized spacial score (nSPS) is 17.0. The van der Waals surface area contributed by atoms with Gasteiger partial charge in [-0.25, -0.2) is 15.0 Å². The number of nitrogens with zero attached hydrogens (tertiary/aromatic N) is 3. The first-order valence-corrected chi connectivity index (χ1v) is 21.5. The number of hydrogen-bond acceptors (Lipinski definition) is 4. The summed E-state index contributed by atoms with van der Waals surface area (Å²) in [7, 11) is 0. The van der Waals surface area contributed by atoms with Gasteiger partial charge in [0.15, 0.2) is 17.5 Å². The van der Waals surface area contributed by atoms with Crippen LogP contribution in [0.3, 0.4) is 0 Å². The first-order chi connectivity index (χ1) is 31.2. The molecule has 0 bridgehead atoms. The van der Waals surface area contributed by atoms with E-state index >= 15 is 0 Å². The van der Waals surface area contributed by atoms with Crippen molar-refractivity contribution in [2.24, 2.45) is 0 Å². The first-order valence-electron chi connectivity index (χ1n) is 21.5. The van der Waals surface area contributed by atoms with Gasteiger partial charge < -0.3 is 4.42 Å². The smallest absolute Gasteiger partial charge is 0.164 e. The van der Waals surface area contributed by atoms with Gasteiger partial charge >= 0.3 is 0 Å². The molecule has 294 valence electrons. The molecular weight excluding hydrogens is 767 g/mol. The fourth-order valence-electron chi connectivity index (χ4n) is 11.0. The van der Waals surface area contributed by atoms with Crippen LogP contribution in [0.15, 0.2) is 229 Å². The van der Waals surface area contributed by atoms with Gasteiger partial charge in [0, 0.05) is 27.5 Å². The number of aromatic nitrogens is 3. The molecule has 13 rings (SSSR count). The van der Waals surface area contributed by atoms with Crippen LogP contribution in [0, 0.1) is 0 Å². The molecule has 4 nitrogen and oxygen atoms in total. The van der Waals surface area contributed by atoms with E-state index in [2.05, 4.69) is 182 Å². The second-order valence-corrected chi connectivity index (χ2v) is 16.6. The number of benzene rings is 9. The summed E-state index contributed by atoms with van der Waals surface area (Å²) in [6.45, 7) is 0. The maximum absolute atomic E-state index is 6.25. The van der Waals surface area contributed by atoms with E-state index in [1.54, 1.807) is 0 Å². The van der Waals surface area contributed by atoms with Crippen molar-refractivity contribution in [3.63, 3.8) is 0 Å². The topological polar surface area (TPSA) is 51.8 Å². The summed E-state index contributed by atoms with van der Waals surface area (Å²) in [4.78, 5) is 16.0. The number of hydrogen-bond donors (Lipinski definition) is 0. The molecule has 2 aliphatic rings. The van der Waals surface area contributed by atoms with E-state index in [4.69, 9.17) is 19.4 Å². The number of fused-ring (bicyclic) bond motifs is 8. The Morgan fingerprint density at radius 1 is 0.302 bits per heavy atom. The van der Waals surface area contributed by atoms with Crippen LogP contribution in [-0.2, 0) is 10.8 Å². The Morgan fingerprint density at radius 3 is 1.52 bits per heavy atom. The predicted molar refractivity (Wildman–Crippen MR) is 253 cm³/mol. The van der Waals surface area contributed by atoms with Gasteiger partial charge in [0.05, 0.1) is 10.8 Å². The van der Waals surface area contributed by atoms with Crippen LogP contribution in [0.25, 0.3) is 67.2 Å². The van der Waals surface area contributed by atoms with Gasteiger partial charge in [-0.2, -0.15) is 0 Å². The van der Waals surface area contributed by atoms with Crippen LogP contribution in [-0.4, -0.2) is 15.0 Å². The van der Waals surface area contributed by atoms with Crippen LogP contribution in [0.5, 0.6) is 0 Å². The molecule has 2 atom stereocenters. The van der Waals surface area contributed by atoms with Crippen LogP contribution < -0.4 is 0 Å². The van der Waals surface area contributed by atoms with Gasteiger partial charge in [-0.05, 0) is 79.9 Å². The summed E-state index contributed by atoms with van der Waals surface area (Å²) in [5.74, 6) is 1.81. The summed E-state index contributed by atoms with van der Waals surface area (Å²) in [6, 6.07) is 80.7. The lowest BCUT2D eigenvalue weighted by Crippen LogP contribution is -2.44. The lowest BCUT2D eigenvalue weighted by atomic mass is 9.51. The highest BCUT2D eigenvalue weighted by molar-refractivity contribution is 6.06. The Morgan fingerprint density at radius 2 is 0.794 bits per heavy atom. The standard InChI is InChI=1S/C59H37N3O/c1-4-19-38(20-5-1)55-60-56(39-35-36-53-46(37-39)43-26-12-17-34-52(43)63-53)62-57(61-55)45-27-11-14-30-48(45)58(40-21-6-2-7-22-40)49-31-15-16-32-50(49)59(41-23-8-3-9-24-41)47-29-13-10-25-42(47)44-28-18-33-51(58)54(44)59/h1-37H. The lowest BCUT2D eigenvalue weighted by Gasteiger charge is -2.50. The molecule has 0 fully saturated rings. The Balaban J connectivity index is 1.14. The molecule has 0 N–H and O–H groups in total. The van der Waals surface area contributed by atoms with E-state index in [0.29, 0.717) is 17.5 Å². The molecule has 0 radical (unpaired) electrons. The van der Waals surface area contributed by atoms with Crippen LogP contribution in [0.4, 0.5) is 0 Å². The van der Waals surface area contributed by atoms with Gasteiger partial charge in [-0.15, -0.1) is 0 Å². The SMILES string of the molecule is c1ccc(-c2nc(-c3ccc4oc5ccccc5c4c3)nc(-c3ccccc3C3(c4ccccc4)c4ccccc4C4(c5ccccc5)c5ccccc5-c5cccc3c54)n2)cc1. The monoisotopic (exact) mass is 803 g/mol. The van der Waals surface area contributed by atoms with Crippen LogP contribution in [0.1, 0.15) is 44.5 Å². The van der Waals surface area contributed by atoms with Crippen LogP contribution >= 0.6 is 0 Å². The maximum atomic E-state index is 6.25. The highest BCUT2D eigenvalue weighted by Gasteiger charge is 2.58. The zero-order valence-electron chi connectivity index (χ0n) is 34.1. The molecule has 0 saturated heterocycles.